The van der Waals surface area contributed by atoms with Crippen LogP contribution in [-0.2, 0) is 13.0 Å². The van der Waals surface area contributed by atoms with Crippen molar-refractivity contribution in [3.05, 3.63) is 21.4 Å². The lowest BCUT2D eigenvalue weighted by molar-refractivity contribution is 0.642. The fourth-order valence-electron chi connectivity index (χ4n) is 2.01. The molecule has 0 atom stereocenters. The standard InChI is InChI=1S/C12H18BrN3/c1-3-10-12(13)11(16(4-2)15-10)7-9-5-6-14-8-9/h7,14H,3-6,8H2,1-2H3. The summed E-state index contributed by atoms with van der Waals surface area (Å²) < 4.78 is 3.24. The Morgan fingerprint density at radius 1 is 1.50 bits per heavy atom. The zero-order valence-electron chi connectivity index (χ0n) is 9.89. The first-order chi connectivity index (χ1) is 7.76. The predicted molar refractivity (Wildman–Crippen MR) is 70.4 cm³/mol. The molecule has 1 aromatic heterocycles. The maximum absolute atomic E-state index is 4.59. The molecule has 0 saturated carbocycles. The number of nitrogens with one attached hydrogen (secondary N) is 1. The maximum Gasteiger partial charge on any atom is 0.0770 e. The van der Waals surface area contributed by atoms with Crippen LogP contribution in [0.4, 0.5) is 0 Å². The molecule has 1 aromatic rings. The molecule has 0 aromatic carbocycles. The third kappa shape index (κ3) is 2.23. The highest BCUT2D eigenvalue weighted by molar-refractivity contribution is 9.10. The van der Waals surface area contributed by atoms with Crippen molar-refractivity contribution in [1.82, 2.24) is 15.1 Å². The van der Waals surface area contributed by atoms with Crippen molar-refractivity contribution in [2.45, 2.75) is 33.2 Å². The van der Waals surface area contributed by atoms with E-state index in [1.807, 2.05) is 0 Å². The Labute approximate surface area is 105 Å². The Morgan fingerprint density at radius 2 is 2.31 bits per heavy atom. The molecule has 88 valence electrons. The summed E-state index contributed by atoms with van der Waals surface area (Å²) in [7, 11) is 0. The van der Waals surface area contributed by atoms with Gasteiger partial charge >= 0.3 is 0 Å². The first-order valence-electron chi connectivity index (χ1n) is 5.91. The van der Waals surface area contributed by atoms with Gasteiger partial charge in [0.05, 0.1) is 15.9 Å². The summed E-state index contributed by atoms with van der Waals surface area (Å²) in [6.45, 7) is 7.31. The Kier molecular flexibility index (Phi) is 3.82. The lowest BCUT2D eigenvalue weighted by Gasteiger charge is -2.01. The number of nitrogens with zero attached hydrogens (tertiary/aromatic N) is 2. The van der Waals surface area contributed by atoms with Gasteiger partial charge in [0.2, 0.25) is 0 Å². The van der Waals surface area contributed by atoms with Gasteiger partial charge in [-0.15, -0.1) is 0 Å². The molecule has 4 heteroatoms. The second kappa shape index (κ2) is 5.15. The number of halogens is 1. The van der Waals surface area contributed by atoms with Gasteiger partial charge < -0.3 is 5.32 Å². The molecule has 0 radical (unpaired) electrons. The summed E-state index contributed by atoms with van der Waals surface area (Å²) in [5, 5.41) is 7.95. The second-order valence-electron chi connectivity index (χ2n) is 4.04. The molecule has 2 heterocycles. The summed E-state index contributed by atoms with van der Waals surface area (Å²) in [6, 6.07) is 0. The van der Waals surface area contributed by atoms with E-state index in [1.54, 1.807) is 0 Å². The third-order valence-electron chi connectivity index (χ3n) is 2.95. The number of hydrogen-bond donors (Lipinski definition) is 1. The molecular weight excluding hydrogens is 266 g/mol. The van der Waals surface area contributed by atoms with Gasteiger partial charge in [-0.1, -0.05) is 12.5 Å². The van der Waals surface area contributed by atoms with Crippen molar-refractivity contribution in [3.63, 3.8) is 0 Å². The molecule has 0 spiro atoms. The normalized spacial score (nSPS) is 18.6. The highest BCUT2D eigenvalue weighted by Crippen LogP contribution is 2.25. The fourth-order valence-corrected chi connectivity index (χ4v) is 2.69. The first-order valence-corrected chi connectivity index (χ1v) is 6.70. The summed E-state index contributed by atoms with van der Waals surface area (Å²) >= 11 is 3.66. The minimum atomic E-state index is 0.922. The van der Waals surface area contributed by atoms with Gasteiger partial charge in [-0.2, -0.15) is 5.10 Å². The van der Waals surface area contributed by atoms with Crippen LogP contribution in [0.1, 0.15) is 31.7 Å². The van der Waals surface area contributed by atoms with Crippen LogP contribution >= 0.6 is 15.9 Å². The van der Waals surface area contributed by atoms with Gasteiger partial charge in [0.15, 0.2) is 0 Å². The Balaban J connectivity index is 2.37. The predicted octanol–water partition coefficient (Wildman–Crippen LogP) is 2.60. The largest absolute Gasteiger partial charge is 0.313 e. The molecule has 1 aliphatic heterocycles. The Morgan fingerprint density at radius 3 is 2.88 bits per heavy atom. The van der Waals surface area contributed by atoms with E-state index >= 15 is 0 Å². The Hall–Kier alpha value is -0.610. The van der Waals surface area contributed by atoms with Crippen LogP contribution in [0.25, 0.3) is 6.08 Å². The molecule has 1 saturated heterocycles. The number of hydrogen-bond acceptors (Lipinski definition) is 2. The first kappa shape index (κ1) is 11.9. The van der Waals surface area contributed by atoms with Crippen molar-refractivity contribution >= 4 is 22.0 Å². The van der Waals surface area contributed by atoms with E-state index in [4.69, 9.17) is 0 Å². The van der Waals surface area contributed by atoms with Gasteiger partial charge in [-0.05, 0) is 48.3 Å². The molecule has 0 aliphatic carbocycles. The zero-order chi connectivity index (χ0) is 11.5. The average molecular weight is 284 g/mol. The molecule has 1 N–H and O–H groups in total. The molecule has 16 heavy (non-hydrogen) atoms. The maximum atomic E-state index is 4.59. The highest BCUT2D eigenvalue weighted by Gasteiger charge is 2.14. The minimum absolute atomic E-state index is 0.922. The van der Waals surface area contributed by atoms with Crippen LogP contribution in [0.5, 0.6) is 0 Å². The lowest BCUT2D eigenvalue weighted by atomic mass is 10.2. The zero-order valence-corrected chi connectivity index (χ0v) is 11.5. The molecule has 1 fully saturated rings. The fraction of sp³-hybridized carbons (Fsp3) is 0.583. The van der Waals surface area contributed by atoms with E-state index in [-0.39, 0.29) is 0 Å². The van der Waals surface area contributed by atoms with E-state index in [9.17, 15) is 0 Å². The molecule has 0 amide bonds. The van der Waals surface area contributed by atoms with Crippen molar-refractivity contribution in [2.75, 3.05) is 13.1 Å². The van der Waals surface area contributed by atoms with Gasteiger partial charge in [0, 0.05) is 13.1 Å². The number of aryl methyl sites for hydroxylation is 2. The number of rotatable bonds is 3. The van der Waals surface area contributed by atoms with Gasteiger partial charge in [-0.25, -0.2) is 0 Å². The molecule has 3 nitrogen and oxygen atoms in total. The number of aromatic nitrogens is 2. The van der Waals surface area contributed by atoms with Crippen LogP contribution in [-0.4, -0.2) is 22.9 Å². The van der Waals surface area contributed by atoms with E-state index in [0.717, 1.165) is 42.6 Å². The lowest BCUT2D eigenvalue weighted by Crippen LogP contribution is -2.05. The smallest absolute Gasteiger partial charge is 0.0770 e. The van der Waals surface area contributed by atoms with Crippen LogP contribution in [0.3, 0.4) is 0 Å². The van der Waals surface area contributed by atoms with Gasteiger partial charge in [0.25, 0.3) is 0 Å². The topological polar surface area (TPSA) is 29.9 Å². The van der Waals surface area contributed by atoms with Crippen LogP contribution in [0.15, 0.2) is 10.0 Å². The summed E-state index contributed by atoms with van der Waals surface area (Å²) in [6.07, 6.45) is 4.41. The quantitative estimate of drug-likeness (QED) is 0.924. The molecule has 0 unspecified atom stereocenters. The molecule has 2 rings (SSSR count). The average Bonchev–Trinajstić information content (AvgIpc) is 2.89. The summed E-state index contributed by atoms with van der Waals surface area (Å²) in [5.74, 6) is 0. The van der Waals surface area contributed by atoms with Crippen molar-refractivity contribution in [3.8, 4) is 0 Å². The highest BCUT2D eigenvalue weighted by atomic mass is 79.9. The van der Waals surface area contributed by atoms with Crippen LogP contribution < -0.4 is 5.32 Å². The summed E-state index contributed by atoms with van der Waals surface area (Å²) in [4.78, 5) is 0. The molecule has 1 aliphatic rings. The second-order valence-corrected chi connectivity index (χ2v) is 4.84. The van der Waals surface area contributed by atoms with Crippen molar-refractivity contribution in [1.29, 1.82) is 0 Å². The summed E-state index contributed by atoms with van der Waals surface area (Å²) in [5.41, 5.74) is 3.84. The van der Waals surface area contributed by atoms with Gasteiger partial charge in [0.1, 0.15) is 0 Å². The molecular formula is C12H18BrN3. The van der Waals surface area contributed by atoms with E-state index < -0.39 is 0 Å². The minimum Gasteiger partial charge on any atom is -0.313 e. The van der Waals surface area contributed by atoms with E-state index in [1.165, 1.54) is 11.3 Å². The molecule has 0 bridgehead atoms. The third-order valence-corrected chi connectivity index (χ3v) is 3.81. The Bertz CT molecular complexity index is 399. The van der Waals surface area contributed by atoms with E-state index in [0.29, 0.717) is 0 Å². The monoisotopic (exact) mass is 283 g/mol. The van der Waals surface area contributed by atoms with Crippen molar-refractivity contribution < 1.29 is 0 Å². The van der Waals surface area contributed by atoms with Crippen molar-refractivity contribution in [2.24, 2.45) is 0 Å². The van der Waals surface area contributed by atoms with Crippen LogP contribution in [0.2, 0.25) is 0 Å². The van der Waals surface area contributed by atoms with Gasteiger partial charge in [-0.3, -0.25) is 4.68 Å². The van der Waals surface area contributed by atoms with E-state index in [2.05, 4.69) is 51.0 Å². The SMILES string of the molecule is CCc1nn(CC)c(C=C2CCNC2)c1Br. The van der Waals surface area contributed by atoms with Crippen LogP contribution in [0, 0.1) is 0 Å².